The second-order valence-corrected chi connectivity index (χ2v) is 4.65. The van der Waals surface area contributed by atoms with Crippen LogP contribution in [-0.2, 0) is 9.47 Å². The molecule has 0 saturated carbocycles. The van der Waals surface area contributed by atoms with Gasteiger partial charge in [-0.05, 0) is 31.2 Å². The molecule has 1 atom stereocenters. The smallest absolute Gasteiger partial charge is 0.0700 e. The maximum absolute atomic E-state index is 5.47. The van der Waals surface area contributed by atoms with E-state index in [-0.39, 0.29) is 0 Å². The van der Waals surface area contributed by atoms with Crippen LogP contribution in [0.3, 0.4) is 0 Å². The van der Waals surface area contributed by atoms with Crippen molar-refractivity contribution < 1.29 is 9.47 Å². The fourth-order valence-corrected chi connectivity index (χ4v) is 1.66. The molecule has 0 aliphatic rings. The summed E-state index contributed by atoms with van der Waals surface area (Å²) in [5, 5.41) is 3.44. The maximum Gasteiger partial charge on any atom is 0.0700 e. The fourth-order valence-electron chi connectivity index (χ4n) is 1.66. The molecule has 1 N–H and O–H groups in total. The third-order valence-corrected chi connectivity index (χ3v) is 3.16. The van der Waals surface area contributed by atoms with Crippen molar-refractivity contribution in [2.75, 3.05) is 40.0 Å². The Labute approximate surface area is 101 Å². The molecule has 0 aromatic carbocycles. The fraction of sp³-hybridized carbons (Fsp3) is 1.00. The van der Waals surface area contributed by atoms with Gasteiger partial charge in [-0.15, -0.1) is 0 Å². The number of nitrogens with one attached hydrogen (secondary N) is 1. The first-order valence-corrected chi connectivity index (χ1v) is 6.46. The molecule has 0 radical (unpaired) electrons. The van der Waals surface area contributed by atoms with Crippen LogP contribution in [0.5, 0.6) is 0 Å². The predicted molar refractivity (Wildman–Crippen MR) is 68.9 cm³/mol. The van der Waals surface area contributed by atoms with Crippen LogP contribution in [0.15, 0.2) is 0 Å². The van der Waals surface area contributed by atoms with E-state index in [4.69, 9.17) is 9.47 Å². The summed E-state index contributed by atoms with van der Waals surface area (Å²) in [4.78, 5) is 0. The lowest BCUT2D eigenvalue weighted by Crippen LogP contribution is -2.31. The van der Waals surface area contributed by atoms with E-state index >= 15 is 0 Å². The molecule has 16 heavy (non-hydrogen) atoms. The summed E-state index contributed by atoms with van der Waals surface area (Å²) in [6, 6.07) is 0. The van der Waals surface area contributed by atoms with Crippen LogP contribution in [0.2, 0.25) is 0 Å². The number of hydrogen-bond acceptors (Lipinski definition) is 3. The van der Waals surface area contributed by atoms with Crippen molar-refractivity contribution in [1.82, 2.24) is 5.32 Å². The lowest BCUT2D eigenvalue weighted by atomic mass is 9.83. The van der Waals surface area contributed by atoms with Gasteiger partial charge in [-0.1, -0.05) is 20.8 Å². The van der Waals surface area contributed by atoms with E-state index in [9.17, 15) is 0 Å². The summed E-state index contributed by atoms with van der Waals surface area (Å²) in [7, 11) is 1.70. The number of ether oxygens (including phenoxy) is 2. The monoisotopic (exact) mass is 231 g/mol. The van der Waals surface area contributed by atoms with Gasteiger partial charge in [0.25, 0.3) is 0 Å². The first kappa shape index (κ1) is 15.9. The van der Waals surface area contributed by atoms with Gasteiger partial charge in [0.1, 0.15) is 0 Å². The summed E-state index contributed by atoms with van der Waals surface area (Å²) in [5.74, 6) is 0. The molecule has 0 aliphatic carbocycles. The zero-order valence-corrected chi connectivity index (χ0v) is 11.5. The molecular formula is C13H29NO2. The standard InChI is InChI=1S/C13H29NO2/c1-5-13(3,12-14-6-2)8-7-9-16-11-10-15-4/h14H,5-12H2,1-4H3. The summed E-state index contributed by atoms with van der Waals surface area (Å²) in [6.45, 7) is 11.2. The van der Waals surface area contributed by atoms with Crippen molar-refractivity contribution in [3.63, 3.8) is 0 Å². The minimum atomic E-state index is 0.417. The number of methoxy groups -OCH3 is 1. The molecule has 0 spiro atoms. The van der Waals surface area contributed by atoms with Gasteiger partial charge in [-0.25, -0.2) is 0 Å². The van der Waals surface area contributed by atoms with Gasteiger partial charge in [-0.2, -0.15) is 0 Å². The molecule has 0 saturated heterocycles. The van der Waals surface area contributed by atoms with Crippen molar-refractivity contribution >= 4 is 0 Å². The summed E-state index contributed by atoms with van der Waals surface area (Å²) >= 11 is 0. The highest BCUT2D eigenvalue weighted by molar-refractivity contribution is 4.74. The largest absolute Gasteiger partial charge is 0.382 e. The molecule has 0 amide bonds. The number of hydrogen-bond donors (Lipinski definition) is 1. The zero-order valence-electron chi connectivity index (χ0n) is 11.5. The van der Waals surface area contributed by atoms with Crippen molar-refractivity contribution in [3.05, 3.63) is 0 Å². The van der Waals surface area contributed by atoms with Crippen molar-refractivity contribution in [2.45, 2.75) is 40.0 Å². The van der Waals surface area contributed by atoms with E-state index in [1.165, 1.54) is 12.8 Å². The molecule has 0 heterocycles. The minimum Gasteiger partial charge on any atom is -0.382 e. The molecule has 98 valence electrons. The summed E-state index contributed by atoms with van der Waals surface area (Å²) in [6.07, 6.45) is 3.58. The van der Waals surface area contributed by atoms with Crippen molar-refractivity contribution in [2.24, 2.45) is 5.41 Å². The summed E-state index contributed by atoms with van der Waals surface area (Å²) < 4.78 is 10.4. The van der Waals surface area contributed by atoms with Crippen LogP contribution >= 0.6 is 0 Å². The first-order chi connectivity index (χ1) is 7.68. The Morgan fingerprint density at radius 3 is 2.44 bits per heavy atom. The van der Waals surface area contributed by atoms with Crippen LogP contribution < -0.4 is 5.32 Å². The van der Waals surface area contributed by atoms with Crippen LogP contribution in [-0.4, -0.2) is 40.0 Å². The quantitative estimate of drug-likeness (QED) is 0.554. The molecular weight excluding hydrogens is 202 g/mol. The second-order valence-electron chi connectivity index (χ2n) is 4.65. The molecule has 0 fully saturated rings. The zero-order chi connectivity index (χ0) is 12.3. The molecule has 0 aromatic heterocycles. The van der Waals surface area contributed by atoms with E-state index in [2.05, 4.69) is 26.1 Å². The van der Waals surface area contributed by atoms with E-state index < -0.39 is 0 Å². The average Bonchev–Trinajstić information content (AvgIpc) is 2.31. The Morgan fingerprint density at radius 1 is 1.12 bits per heavy atom. The van der Waals surface area contributed by atoms with Gasteiger partial charge in [0.15, 0.2) is 0 Å². The molecule has 0 rings (SSSR count). The van der Waals surface area contributed by atoms with E-state index in [0.29, 0.717) is 18.6 Å². The SMILES string of the molecule is CCNCC(C)(CC)CCCOCCOC. The first-order valence-electron chi connectivity index (χ1n) is 6.46. The Morgan fingerprint density at radius 2 is 1.88 bits per heavy atom. The predicted octanol–water partition coefficient (Wildman–Crippen LogP) is 2.46. The van der Waals surface area contributed by atoms with Crippen LogP contribution in [0.25, 0.3) is 0 Å². The van der Waals surface area contributed by atoms with Gasteiger partial charge < -0.3 is 14.8 Å². The Hall–Kier alpha value is -0.120. The normalized spacial score (nSPS) is 15.0. The molecule has 3 heteroatoms. The third-order valence-electron chi connectivity index (χ3n) is 3.16. The lowest BCUT2D eigenvalue weighted by molar-refractivity contribution is 0.0638. The molecule has 0 aliphatic heterocycles. The van der Waals surface area contributed by atoms with E-state index in [1.54, 1.807) is 7.11 Å². The summed E-state index contributed by atoms with van der Waals surface area (Å²) in [5.41, 5.74) is 0.417. The highest BCUT2D eigenvalue weighted by atomic mass is 16.5. The number of rotatable bonds is 11. The van der Waals surface area contributed by atoms with Gasteiger partial charge in [0, 0.05) is 20.3 Å². The molecule has 3 nitrogen and oxygen atoms in total. The van der Waals surface area contributed by atoms with Gasteiger partial charge >= 0.3 is 0 Å². The van der Waals surface area contributed by atoms with Crippen LogP contribution in [0.1, 0.15) is 40.0 Å². The highest BCUT2D eigenvalue weighted by Gasteiger charge is 2.20. The molecule has 1 unspecified atom stereocenters. The Balaban J connectivity index is 3.53. The topological polar surface area (TPSA) is 30.5 Å². The molecule has 0 aromatic rings. The average molecular weight is 231 g/mol. The van der Waals surface area contributed by atoms with Crippen LogP contribution in [0.4, 0.5) is 0 Å². The van der Waals surface area contributed by atoms with Crippen molar-refractivity contribution in [3.8, 4) is 0 Å². The highest BCUT2D eigenvalue weighted by Crippen LogP contribution is 2.26. The lowest BCUT2D eigenvalue weighted by Gasteiger charge is -2.28. The molecule has 0 bridgehead atoms. The van der Waals surface area contributed by atoms with Crippen LogP contribution in [0, 0.1) is 5.41 Å². The van der Waals surface area contributed by atoms with Gasteiger partial charge in [-0.3, -0.25) is 0 Å². The minimum absolute atomic E-state index is 0.417. The van der Waals surface area contributed by atoms with Crippen molar-refractivity contribution in [1.29, 1.82) is 0 Å². The van der Waals surface area contributed by atoms with E-state index in [1.807, 2.05) is 0 Å². The third kappa shape index (κ3) is 8.08. The van der Waals surface area contributed by atoms with Gasteiger partial charge in [0.2, 0.25) is 0 Å². The Kier molecular flexibility index (Phi) is 9.99. The van der Waals surface area contributed by atoms with E-state index in [0.717, 1.165) is 26.1 Å². The maximum atomic E-state index is 5.47. The second kappa shape index (κ2) is 10.1. The Bertz CT molecular complexity index is 153. The van der Waals surface area contributed by atoms with Gasteiger partial charge in [0.05, 0.1) is 13.2 Å².